The molecule has 0 N–H and O–H groups in total. The molecule has 0 aliphatic carbocycles. The first-order valence-electron chi connectivity index (χ1n) is 12.4. The van der Waals surface area contributed by atoms with Gasteiger partial charge in [0.05, 0.1) is 31.8 Å². The quantitative estimate of drug-likeness (QED) is 0.281. The molecule has 0 saturated carbocycles. The SMILES string of the molecule is CCCCOCCN1C(=O)C[C@@H](OCCCC)C(OCCCC)C1COCCCC. The Morgan fingerprint density at radius 3 is 1.97 bits per heavy atom. The van der Waals surface area contributed by atoms with Crippen LogP contribution in [-0.4, -0.2) is 75.2 Å². The number of carbonyl (C=O) groups excluding carboxylic acids is 1. The first-order valence-corrected chi connectivity index (χ1v) is 12.4. The number of nitrogens with zero attached hydrogens (tertiary/aromatic N) is 1. The molecular weight excluding hydrogens is 382 g/mol. The van der Waals surface area contributed by atoms with Crippen molar-refractivity contribution in [3.8, 4) is 0 Å². The van der Waals surface area contributed by atoms with Crippen LogP contribution in [0.4, 0.5) is 0 Å². The molecule has 1 rings (SSSR count). The van der Waals surface area contributed by atoms with Gasteiger partial charge in [0.2, 0.25) is 5.91 Å². The predicted octanol–water partition coefficient (Wildman–Crippen LogP) is 4.59. The van der Waals surface area contributed by atoms with Gasteiger partial charge in [-0.2, -0.15) is 0 Å². The number of likely N-dealkylation sites (tertiary alicyclic amines) is 1. The van der Waals surface area contributed by atoms with Gasteiger partial charge in [-0.1, -0.05) is 53.4 Å². The van der Waals surface area contributed by atoms with Gasteiger partial charge in [-0.15, -0.1) is 0 Å². The molecule has 6 nitrogen and oxygen atoms in total. The maximum absolute atomic E-state index is 13.0. The van der Waals surface area contributed by atoms with E-state index in [-0.39, 0.29) is 24.2 Å². The fraction of sp³-hybridized carbons (Fsp3) is 0.958. The Labute approximate surface area is 185 Å². The van der Waals surface area contributed by atoms with Crippen molar-refractivity contribution in [1.82, 2.24) is 4.90 Å². The third-order valence-electron chi connectivity index (χ3n) is 5.53. The Hall–Kier alpha value is -0.690. The van der Waals surface area contributed by atoms with Crippen LogP contribution < -0.4 is 0 Å². The minimum Gasteiger partial charge on any atom is -0.380 e. The van der Waals surface area contributed by atoms with E-state index in [2.05, 4.69) is 27.7 Å². The number of amides is 1. The molecule has 0 aromatic rings. The molecule has 1 saturated heterocycles. The summed E-state index contributed by atoms with van der Waals surface area (Å²) in [6.45, 7) is 13.1. The molecule has 30 heavy (non-hydrogen) atoms. The van der Waals surface area contributed by atoms with Gasteiger partial charge >= 0.3 is 0 Å². The normalized spacial score (nSPS) is 22.1. The van der Waals surface area contributed by atoms with Gasteiger partial charge in [-0.3, -0.25) is 4.79 Å². The van der Waals surface area contributed by atoms with E-state index in [1.54, 1.807) is 0 Å². The van der Waals surface area contributed by atoms with E-state index in [1.165, 1.54) is 0 Å². The van der Waals surface area contributed by atoms with Gasteiger partial charge in [0.1, 0.15) is 6.10 Å². The van der Waals surface area contributed by atoms with Crippen LogP contribution in [0.15, 0.2) is 0 Å². The largest absolute Gasteiger partial charge is 0.380 e. The molecule has 1 heterocycles. The number of carbonyl (C=O) groups is 1. The minimum atomic E-state index is -0.196. The molecule has 0 aromatic carbocycles. The Kier molecular flexibility index (Phi) is 16.3. The van der Waals surface area contributed by atoms with E-state index in [1.807, 2.05) is 4.90 Å². The summed E-state index contributed by atoms with van der Waals surface area (Å²) in [4.78, 5) is 14.9. The van der Waals surface area contributed by atoms with Crippen LogP contribution in [0, 0.1) is 0 Å². The number of unbranched alkanes of at least 4 members (excludes halogenated alkanes) is 4. The van der Waals surface area contributed by atoms with Gasteiger partial charge in [-0.05, 0) is 25.7 Å². The van der Waals surface area contributed by atoms with E-state index in [4.69, 9.17) is 18.9 Å². The molecule has 178 valence electrons. The van der Waals surface area contributed by atoms with Crippen molar-refractivity contribution in [2.75, 3.05) is 46.2 Å². The second-order valence-corrected chi connectivity index (χ2v) is 8.20. The molecular formula is C24H47NO5. The first-order chi connectivity index (χ1) is 14.7. The van der Waals surface area contributed by atoms with E-state index in [0.29, 0.717) is 46.0 Å². The van der Waals surface area contributed by atoms with Gasteiger partial charge in [0.15, 0.2) is 0 Å². The van der Waals surface area contributed by atoms with Gasteiger partial charge < -0.3 is 23.8 Å². The molecule has 0 radical (unpaired) electrons. The summed E-state index contributed by atoms with van der Waals surface area (Å²) < 4.78 is 24.2. The van der Waals surface area contributed by atoms with Crippen molar-refractivity contribution in [3.05, 3.63) is 0 Å². The van der Waals surface area contributed by atoms with Crippen LogP contribution in [-0.2, 0) is 23.7 Å². The molecule has 0 bridgehead atoms. The summed E-state index contributed by atoms with van der Waals surface area (Å²) >= 11 is 0. The molecule has 6 heteroatoms. The lowest BCUT2D eigenvalue weighted by molar-refractivity contribution is -0.174. The summed E-state index contributed by atoms with van der Waals surface area (Å²) in [5.41, 5.74) is 0. The molecule has 1 fully saturated rings. The third-order valence-corrected chi connectivity index (χ3v) is 5.53. The molecule has 3 atom stereocenters. The van der Waals surface area contributed by atoms with Crippen LogP contribution in [0.1, 0.15) is 85.5 Å². The average molecular weight is 430 g/mol. The van der Waals surface area contributed by atoms with E-state index in [0.717, 1.165) is 58.0 Å². The van der Waals surface area contributed by atoms with Gasteiger partial charge in [0, 0.05) is 33.0 Å². The number of hydrogen-bond donors (Lipinski definition) is 0. The molecule has 1 aliphatic heterocycles. The Balaban J connectivity index is 2.84. The van der Waals surface area contributed by atoms with Crippen molar-refractivity contribution >= 4 is 5.91 Å². The highest BCUT2D eigenvalue weighted by Crippen LogP contribution is 2.26. The molecule has 0 spiro atoms. The summed E-state index contributed by atoms with van der Waals surface area (Å²) in [5.74, 6) is 0.120. The Bertz CT molecular complexity index is 420. The fourth-order valence-corrected chi connectivity index (χ4v) is 3.57. The lowest BCUT2D eigenvalue weighted by Crippen LogP contribution is -2.61. The molecule has 1 aliphatic rings. The van der Waals surface area contributed by atoms with Crippen LogP contribution in [0.5, 0.6) is 0 Å². The highest BCUT2D eigenvalue weighted by atomic mass is 16.5. The average Bonchev–Trinajstić information content (AvgIpc) is 2.74. The number of piperidine rings is 1. The minimum absolute atomic E-state index is 0.120. The predicted molar refractivity (Wildman–Crippen MR) is 121 cm³/mol. The fourth-order valence-electron chi connectivity index (χ4n) is 3.57. The molecule has 1 amide bonds. The topological polar surface area (TPSA) is 57.2 Å². The van der Waals surface area contributed by atoms with E-state index >= 15 is 0 Å². The maximum atomic E-state index is 13.0. The van der Waals surface area contributed by atoms with Crippen molar-refractivity contribution in [1.29, 1.82) is 0 Å². The zero-order chi connectivity index (χ0) is 22.0. The first kappa shape index (κ1) is 27.3. The van der Waals surface area contributed by atoms with E-state index < -0.39 is 0 Å². The zero-order valence-corrected chi connectivity index (χ0v) is 20.0. The monoisotopic (exact) mass is 429 g/mol. The summed E-state index contributed by atoms with van der Waals surface area (Å²) in [7, 11) is 0. The van der Waals surface area contributed by atoms with Crippen molar-refractivity contribution < 1.29 is 23.7 Å². The number of rotatable bonds is 19. The Morgan fingerprint density at radius 1 is 0.767 bits per heavy atom. The molecule has 2 unspecified atom stereocenters. The van der Waals surface area contributed by atoms with Crippen molar-refractivity contribution in [2.24, 2.45) is 0 Å². The standard InChI is InChI=1S/C24H47NO5/c1-5-9-14-27-18-13-25-21(20-28-15-10-6-2)24(30-17-12-8-4)22(19-23(25)26)29-16-11-7-3/h21-22,24H,5-20H2,1-4H3/t21?,22-,24?/m1/s1. The summed E-state index contributed by atoms with van der Waals surface area (Å²) in [6, 6.07) is -0.124. The van der Waals surface area contributed by atoms with Crippen molar-refractivity contribution in [2.45, 2.75) is 104 Å². The zero-order valence-electron chi connectivity index (χ0n) is 20.0. The molecule has 0 aromatic heterocycles. The van der Waals surface area contributed by atoms with Gasteiger partial charge in [-0.25, -0.2) is 0 Å². The maximum Gasteiger partial charge on any atom is 0.225 e. The summed E-state index contributed by atoms with van der Waals surface area (Å²) in [5, 5.41) is 0. The van der Waals surface area contributed by atoms with Crippen LogP contribution in [0.2, 0.25) is 0 Å². The second kappa shape index (κ2) is 17.9. The number of ether oxygens (including phenoxy) is 4. The highest BCUT2D eigenvalue weighted by molar-refractivity contribution is 5.78. The third kappa shape index (κ3) is 10.6. The number of hydrogen-bond acceptors (Lipinski definition) is 5. The lowest BCUT2D eigenvalue weighted by Gasteiger charge is -2.44. The van der Waals surface area contributed by atoms with Crippen LogP contribution in [0.25, 0.3) is 0 Å². The van der Waals surface area contributed by atoms with Crippen LogP contribution in [0.3, 0.4) is 0 Å². The van der Waals surface area contributed by atoms with Crippen molar-refractivity contribution in [3.63, 3.8) is 0 Å². The van der Waals surface area contributed by atoms with E-state index in [9.17, 15) is 4.79 Å². The van der Waals surface area contributed by atoms with Crippen LogP contribution >= 0.6 is 0 Å². The lowest BCUT2D eigenvalue weighted by atomic mass is 9.95. The Morgan fingerprint density at radius 2 is 1.33 bits per heavy atom. The summed E-state index contributed by atoms with van der Waals surface area (Å²) in [6.07, 6.45) is 8.48. The smallest absolute Gasteiger partial charge is 0.225 e. The highest BCUT2D eigenvalue weighted by Gasteiger charge is 2.43. The second-order valence-electron chi connectivity index (χ2n) is 8.20. The van der Waals surface area contributed by atoms with Gasteiger partial charge in [0.25, 0.3) is 0 Å².